The van der Waals surface area contributed by atoms with Gasteiger partial charge < -0.3 is 5.43 Å². The number of benzene rings is 1. The van der Waals surface area contributed by atoms with Gasteiger partial charge >= 0.3 is 0 Å². The molecule has 0 aliphatic rings. The van der Waals surface area contributed by atoms with Crippen molar-refractivity contribution >= 4 is 23.1 Å². The second-order valence-electron chi connectivity index (χ2n) is 2.39. The molecule has 64 valence electrons. The number of ketones is 1. The first kappa shape index (κ1) is 9.03. The molecule has 0 unspecified atom stereocenters. The zero-order chi connectivity index (χ0) is 9.14. The van der Waals surface area contributed by atoms with Crippen LogP contribution in [0.1, 0.15) is 17.3 Å². The number of Topliss-reactive ketones (excluding diaryl/α,β-unsaturated/α-hetero) is 1. The fourth-order valence-electron chi connectivity index (χ4n) is 0.934. The van der Waals surface area contributed by atoms with E-state index in [1.807, 2.05) is 0 Å². The van der Waals surface area contributed by atoms with E-state index in [0.29, 0.717) is 16.3 Å². The van der Waals surface area contributed by atoms with Crippen LogP contribution < -0.4 is 11.3 Å². The van der Waals surface area contributed by atoms with Gasteiger partial charge in [0.15, 0.2) is 5.78 Å². The number of hydrogen-bond donors (Lipinski definition) is 2. The predicted molar refractivity (Wildman–Crippen MR) is 49.3 cm³/mol. The summed E-state index contributed by atoms with van der Waals surface area (Å²) in [6, 6.07) is 4.92. The van der Waals surface area contributed by atoms with Crippen LogP contribution in [0.5, 0.6) is 0 Å². The van der Waals surface area contributed by atoms with Crippen LogP contribution in [-0.4, -0.2) is 5.78 Å². The van der Waals surface area contributed by atoms with Crippen molar-refractivity contribution in [2.45, 2.75) is 6.92 Å². The van der Waals surface area contributed by atoms with Gasteiger partial charge in [0.05, 0.1) is 5.69 Å². The Hall–Kier alpha value is -1.06. The molecule has 0 saturated carbocycles. The van der Waals surface area contributed by atoms with Crippen molar-refractivity contribution in [2.75, 3.05) is 5.43 Å². The van der Waals surface area contributed by atoms with Crippen LogP contribution in [0, 0.1) is 0 Å². The van der Waals surface area contributed by atoms with Crippen LogP contribution in [0.4, 0.5) is 5.69 Å². The van der Waals surface area contributed by atoms with E-state index >= 15 is 0 Å². The summed E-state index contributed by atoms with van der Waals surface area (Å²) in [6.45, 7) is 1.46. The molecule has 1 aromatic rings. The van der Waals surface area contributed by atoms with E-state index in [9.17, 15) is 4.79 Å². The van der Waals surface area contributed by atoms with E-state index in [1.54, 1.807) is 18.2 Å². The highest BCUT2D eigenvalue weighted by molar-refractivity contribution is 6.31. The van der Waals surface area contributed by atoms with E-state index in [-0.39, 0.29) is 5.78 Å². The van der Waals surface area contributed by atoms with Crippen molar-refractivity contribution in [3.8, 4) is 0 Å². The monoisotopic (exact) mass is 184 g/mol. The van der Waals surface area contributed by atoms with Crippen molar-refractivity contribution < 1.29 is 4.79 Å². The van der Waals surface area contributed by atoms with E-state index in [2.05, 4.69) is 5.43 Å². The third-order valence-corrected chi connectivity index (χ3v) is 1.75. The molecule has 12 heavy (non-hydrogen) atoms. The van der Waals surface area contributed by atoms with Crippen molar-refractivity contribution in [3.05, 3.63) is 28.8 Å². The molecule has 0 fully saturated rings. The van der Waals surface area contributed by atoms with Crippen molar-refractivity contribution in [3.63, 3.8) is 0 Å². The summed E-state index contributed by atoms with van der Waals surface area (Å²) in [5.41, 5.74) is 3.52. The number of nitrogens with one attached hydrogen (secondary N) is 1. The Morgan fingerprint density at radius 2 is 2.25 bits per heavy atom. The molecule has 0 atom stereocenters. The SMILES string of the molecule is CC(=O)c1cc(Cl)ccc1NN. The van der Waals surface area contributed by atoms with E-state index in [0.717, 1.165) is 0 Å². The summed E-state index contributed by atoms with van der Waals surface area (Å²) < 4.78 is 0. The number of nitrogens with two attached hydrogens (primary N) is 1. The number of carbonyl (C=O) groups excluding carboxylic acids is 1. The Labute approximate surface area is 75.5 Å². The second kappa shape index (κ2) is 3.56. The predicted octanol–water partition coefficient (Wildman–Crippen LogP) is 1.83. The van der Waals surface area contributed by atoms with Crippen LogP contribution in [0.2, 0.25) is 5.02 Å². The lowest BCUT2D eigenvalue weighted by Gasteiger charge is -2.05. The number of rotatable bonds is 2. The zero-order valence-electron chi connectivity index (χ0n) is 6.60. The molecular formula is C8H9ClN2O. The first-order chi connectivity index (χ1) is 5.65. The summed E-state index contributed by atoms with van der Waals surface area (Å²) in [4.78, 5) is 11.0. The third kappa shape index (κ3) is 1.75. The molecule has 0 saturated heterocycles. The largest absolute Gasteiger partial charge is 0.323 e. The molecule has 1 rings (SSSR count). The molecule has 0 aromatic heterocycles. The second-order valence-corrected chi connectivity index (χ2v) is 2.83. The summed E-state index contributed by atoms with van der Waals surface area (Å²) in [5, 5.41) is 0.527. The molecule has 4 heteroatoms. The van der Waals surface area contributed by atoms with Crippen molar-refractivity contribution in [2.24, 2.45) is 5.84 Å². The maximum absolute atomic E-state index is 11.0. The van der Waals surface area contributed by atoms with Crippen molar-refractivity contribution in [1.29, 1.82) is 0 Å². The lowest BCUT2D eigenvalue weighted by molar-refractivity contribution is 0.101. The van der Waals surface area contributed by atoms with E-state index < -0.39 is 0 Å². The van der Waals surface area contributed by atoms with Crippen molar-refractivity contribution in [1.82, 2.24) is 0 Å². The van der Waals surface area contributed by atoms with Gasteiger partial charge in [-0.3, -0.25) is 10.6 Å². The fraction of sp³-hybridized carbons (Fsp3) is 0.125. The van der Waals surface area contributed by atoms with E-state index in [4.69, 9.17) is 17.4 Å². The maximum Gasteiger partial charge on any atom is 0.161 e. The minimum Gasteiger partial charge on any atom is -0.323 e. The molecule has 0 heterocycles. The number of halogens is 1. The molecule has 3 N–H and O–H groups in total. The zero-order valence-corrected chi connectivity index (χ0v) is 7.35. The Bertz CT molecular complexity index is 312. The highest BCUT2D eigenvalue weighted by Crippen LogP contribution is 2.19. The summed E-state index contributed by atoms with van der Waals surface area (Å²) in [7, 11) is 0. The topological polar surface area (TPSA) is 55.1 Å². The van der Waals surface area contributed by atoms with Gasteiger partial charge in [-0.1, -0.05) is 11.6 Å². The first-order valence-corrected chi connectivity index (χ1v) is 3.80. The number of anilines is 1. The number of nitrogen functional groups attached to an aromatic ring is 1. The third-order valence-electron chi connectivity index (χ3n) is 1.52. The minimum atomic E-state index is -0.0644. The highest BCUT2D eigenvalue weighted by atomic mass is 35.5. The molecule has 0 aliphatic heterocycles. The molecule has 0 aliphatic carbocycles. The maximum atomic E-state index is 11.0. The molecular weight excluding hydrogens is 176 g/mol. The van der Waals surface area contributed by atoms with Crippen LogP contribution in [0.3, 0.4) is 0 Å². The Morgan fingerprint density at radius 1 is 1.58 bits per heavy atom. The summed E-state index contributed by atoms with van der Waals surface area (Å²) >= 11 is 5.70. The molecule has 3 nitrogen and oxygen atoms in total. The Morgan fingerprint density at radius 3 is 2.75 bits per heavy atom. The lowest BCUT2D eigenvalue weighted by atomic mass is 10.1. The Kier molecular flexibility index (Phi) is 2.68. The van der Waals surface area contributed by atoms with E-state index in [1.165, 1.54) is 6.92 Å². The molecule has 0 radical (unpaired) electrons. The van der Waals surface area contributed by atoms with Crippen LogP contribution in [0.15, 0.2) is 18.2 Å². The fourth-order valence-corrected chi connectivity index (χ4v) is 1.11. The molecule has 0 amide bonds. The summed E-state index contributed by atoms with van der Waals surface area (Å²) in [5.74, 6) is 5.13. The van der Waals surface area contributed by atoms with Gasteiger partial charge in [0.1, 0.15) is 0 Å². The number of hydrazine groups is 1. The Balaban J connectivity index is 3.21. The lowest BCUT2D eigenvalue weighted by Crippen LogP contribution is -2.10. The van der Waals surface area contributed by atoms with Crippen LogP contribution >= 0.6 is 11.6 Å². The normalized spacial score (nSPS) is 9.58. The highest BCUT2D eigenvalue weighted by Gasteiger charge is 2.05. The van der Waals surface area contributed by atoms with Gasteiger partial charge in [-0.2, -0.15) is 0 Å². The molecule has 1 aromatic carbocycles. The number of hydrogen-bond acceptors (Lipinski definition) is 3. The quantitative estimate of drug-likeness (QED) is 0.419. The minimum absolute atomic E-state index is 0.0644. The first-order valence-electron chi connectivity index (χ1n) is 3.42. The average Bonchev–Trinajstić information content (AvgIpc) is 2.04. The van der Waals surface area contributed by atoms with Gasteiger partial charge in [-0.05, 0) is 25.1 Å². The van der Waals surface area contributed by atoms with Gasteiger partial charge in [-0.25, -0.2) is 0 Å². The van der Waals surface area contributed by atoms with Gasteiger partial charge in [0.25, 0.3) is 0 Å². The average molecular weight is 185 g/mol. The molecule has 0 bridgehead atoms. The smallest absolute Gasteiger partial charge is 0.161 e. The van der Waals surface area contributed by atoms with Crippen LogP contribution in [0.25, 0.3) is 0 Å². The standard InChI is InChI=1S/C8H9ClN2O/c1-5(12)7-4-6(9)2-3-8(7)11-10/h2-4,11H,10H2,1H3. The molecule has 0 spiro atoms. The van der Waals surface area contributed by atoms with Gasteiger partial charge in [0, 0.05) is 10.6 Å². The van der Waals surface area contributed by atoms with Gasteiger partial charge in [-0.15, -0.1) is 0 Å². The van der Waals surface area contributed by atoms with Gasteiger partial charge in [0.2, 0.25) is 0 Å². The van der Waals surface area contributed by atoms with Crippen LogP contribution in [-0.2, 0) is 0 Å². The summed E-state index contributed by atoms with van der Waals surface area (Å²) in [6.07, 6.45) is 0. The number of carbonyl (C=O) groups is 1.